The number of nitrogens with two attached hydrogens (primary N) is 1. The zero-order valence-corrected chi connectivity index (χ0v) is 13.0. The number of nitrogens with one attached hydrogen (secondary N) is 1. The minimum Gasteiger partial charge on any atom is -0.380 e. The van der Waals surface area contributed by atoms with E-state index in [4.69, 9.17) is 22.1 Å². The standard InChI is InChI=1S/C13H18ClFN2O3S/c14-13-10(7-16)5-11(6-12(13)15)21(18,19)17-3-4-20-8-9-1-2-9/h5-6,9,17H,1-4,7-8,16H2. The molecule has 3 N–H and O–H groups in total. The van der Waals surface area contributed by atoms with Crippen molar-refractivity contribution in [3.63, 3.8) is 0 Å². The topological polar surface area (TPSA) is 81.4 Å². The Hall–Kier alpha value is -0.730. The minimum atomic E-state index is -3.80. The van der Waals surface area contributed by atoms with Crippen molar-refractivity contribution in [2.24, 2.45) is 11.7 Å². The normalized spacial score (nSPS) is 15.4. The third-order valence-corrected chi connectivity index (χ3v) is 5.06. The summed E-state index contributed by atoms with van der Waals surface area (Å²) in [6.45, 7) is 1.05. The Morgan fingerprint density at radius 3 is 2.76 bits per heavy atom. The lowest BCUT2D eigenvalue weighted by Gasteiger charge is -2.10. The van der Waals surface area contributed by atoms with Gasteiger partial charge in [-0.1, -0.05) is 11.6 Å². The van der Waals surface area contributed by atoms with Gasteiger partial charge in [0.1, 0.15) is 5.82 Å². The molecule has 0 heterocycles. The lowest BCUT2D eigenvalue weighted by atomic mass is 10.2. The molecule has 1 aliphatic rings. The fourth-order valence-electron chi connectivity index (χ4n) is 1.79. The highest BCUT2D eigenvalue weighted by Gasteiger charge is 2.21. The van der Waals surface area contributed by atoms with Crippen LogP contribution in [-0.4, -0.2) is 28.2 Å². The second-order valence-corrected chi connectivity index (χ2v) is 7.14. The Morgan fingerprint density at radius 1 is 1.43 bits per heavy atom. The van der Waals surface area contributed by atoms with Gasteiger partial charge in [-0.3, -0.25) is 0 Å². The molecule has 1 aromatic rings. The Labute approximate surface area is 128 Å². The molecule has 1 aromatic carbocycles. The van der Waals surface area contributed by atoms with Gasteiger partial charge in [-0.25, -0.2) is 17.5 Å². The molecule has 0 radical (unpaired) electrons. The molecule has 0 amide bonds. The molecule has 1 fully saturated rings. The largest absolute Gasteiger partial charge is 0.380 e. The van der Waals surface area contributed by atoms with Gasteiger partial charge < -0.3 is 10.5 Å². The van der Waals surface area contributed by atoms with Crippen molar-refractivity contribution in [1.82, 2.24) is 4.72 Å². The quantitative estimate of drug-likeness (QED) is 0.707. The molecule has 8 heteroatoms. The smallest absolute Gasteiger partial charge is 0.240 e. The van der Waals surface area contributed by atoms with Crippen LogP contribution in [0.2, 0.25) is 5.02 Å². The van der Waals surface area contributed by atoms with Crippen LogP contribution < -0.4 is 10.5 Å². The minimum absolute atomic E-state index is 0.0381. The lowest BCUT2D eigenvalue weighted by molar-refractivity contribution is 0.129. The zero-order valence-electron chi connectivity index (χ0n) is 11.4. The number of sulfonamides is 1. The third kappa shape index (κ3) is 4.62. The van der Waals surface area contributed by atoms with Crippen LogP contribution >= 0.6 is 11.6 Å². The average Bonchev–Trinajstić information content (AvgIpc) is 3.25. The van der Waals surface area contributed by atoms with Gasteiger partial charge >= 0.3 is 0 Å². The van der Waals surface area contributed by atoms with Crippen LogP contribution in [0.1, 0.15) is 18.4 Å². The summed E-state index contributed by atoms with van der Waals surface area (Å²) in [7, 11) is -3.80. The molecule has 0 spiro atoms. The molecule has 0 atom stereocenters. The second kappa shape index (κ2) is 7.02. The number of benzene rings is 1. The van der Waals surface area contributed by atoms with Crippen molar-refractivity contribution in [2.75, 3.05) is 19.8 Å². The highest BCUT2D eigenvalue weighted by atomic mass is 35.5. The monoisotopic (exact) mass is 336 g/mol. The molecular formula is C13H18ClFN2O3S. The molecule has 1 saturated carbocycles. The van der Waals surface area contributed by atoms with Gasteiger partial charge in [-0.15, -0.1) is 0 Å². The summed E-state index contributed by atoms with van der Waals surface area (Å²) in [4.78, 5) is -0.188. The third-order valence-electron chi connectivity index (χ3n) is 3.20. The van der Waals surface area contributed by atoms with E-state index >= 15 is 0 Å². The van der Waals surface area contributed by atoms with Crippen molar-refractivity contribution in [1.29, 1.82) is 0 Å². The van der Waals surface area contributed by atoms with Gasteiger partial charge in [0, 0.05) is 19.7 Å². The lowest BCUT2D eigenvalue weighted by Crippen LogP contribution is -2.28. The Balaban J connectivity index is 1.96. The molecule has 0 bridgehead atoms. The van der Waals surface area contributed by atoms with Crippen molar-refractivity contribution in [2.45, 2.75) is 24.3 Å². The van der Waals surface area contributed by atoms with E-state index in [1.807, 2.05) is 0 Å². The van der Waals surface area contributed by atoms with Gasteiger partial charge in [-0.05, 0) is 36.5 Å². The van der Waals surface area contributed by atoms with E-state index in [0.717, 1.165) is 6.07 Å². The fourth-order valence-corrected chi connectivity index (χ4v) is 3.05. The first-order valence-corrected chi connectivity index (χ1v) is 8.55. The molecule has 5 nitrogen and oxygen atoms in total. The van der Waals surface area contributed by atoms with Crippen LogP contribution in [0.15, 0.2) is 17.0 Å². The van der Waals surface area contributed by atoms with Gasteiger partial charge in [0.25, 0.3) is 0 Å². The van der Waals surface area contributed by atoms with Crippen molar-refractivity contribution >= 4 is 21.6 Å². The number of rotatable bonds is 8. The molecule has 0 saturated heterocycles. The van der Waals surface area contributed by atoms with Gasteiger partial charge in [0.05, 0.1) is 16.5 Å². The van der Waals surface area contributed by atoms with Gasteiger partial charge in [-0.2, -0.15) is 0 Å². The first-order valence-electron chi connectivity index (χ1n) is 6.69. The van der Waals surface area contributed by atoms with Gasteiger partial charge in [0.2, 0.25) is 10.0 Å². The maximum Gasteiger partial charge on any atom is 0.240 e. The predicted molar refractivity (Wildman–Crippen MR) is 78.0 cm³/mol. The molecule has 2 rings (SSSR count). The van der Waals surface area contributed by atoms with E-state index in [9.17, 15) is 12.8 Å². The first kappa shape index (κ1) is 16.6. The Bertz CT molecular complexity index is 606. The molecule has 21 heavy (non-hydrogen) atoms. The summed E-state index contributed by atoms with van der Waals surface area (Å²) in [6.07, 6.45) is 2.36. The molecular weight excluding hydrogens is 319 g/mol. The zero-order chi connectivity index (χ0) is 15.5. The Morgan fingerprint density at radius 2 is 2.14 bits per heavy atom. The van der Waals surface area contributed by atoms with Crippen molar-refractivity contribution < 1.29 is 17.5 Å². The number of hydrogen-bond donors (Lipinski definition) is 2. The molecule has 0 unspecified atom stereocenters. The molecule has 1 aliphatic carbocycles. The van der Waals surface area contributed by atoms with Crippen molar-refractivity contribution in [3.05, 3.63) is 28.5 Å². The van der Waals surface area contributed by atoms with E-state index in [1.165, 1.54) is 18.9 Å². The summed E-state index contributed by atoms with van der Waals surface area (Å²) in [5.74, 6) is -0.177. The molecule has 0 aliphatic heterocycles. The van der Waals surface area contributed by atoms with E-state index in [2.05, 4.69) is 4.72 Å². The van der Waals surface area contributed by atoms with Crippen LogP contribution in [0, 0.1) is 11.7 Å². The van der Waals surface area contributed by atoms with Crippen LogP contribution in [0.5, 0.6) is 0 Å². The van der Waals surface area contributed by atoms with Gasteiger partial charge in [0.15, 0.2) is 0 Å². The highest BCUT2D eigenvalue weighted by Crippen LogP contribution is 2.28. The number of halogens is 2. The highest BCUT2D eigenvalue weighted by molar-refractivity contribution is 7.89. The van der Waals surface area contributed by atoms with Crippen LogP contribution in [0.3, 0.4) is 0 Å². The second-order valence-electron chi connectivity index (χ2n) is 5.00. The maximum absolute atomic E-state index is 13.6. The number of ether oxygens (including phenoxy) is 1. The van der Waals surface area contributed by atoms with Crippen LogP contribution in [0.4, 0.5) is 4.39 Å². The maximum atomic E-state index is 13.6. The predicted octanol–water partition coefficient (Wildman–Crippen LogP) is 1.64. The van der Waals surface area contributed by atoms with E-state index < -0.39 is 15.8 Å². The fraction of sp³-hybridized carbons (Fsp3) is 0.538. The van der Waals surface area contributed by atoms with E-state index in [0.29, 0.717) is 12.5 Å². The average molecular weight is 337 g/mol. The molecule has 118 valence electrons. The van der Waals surface area contributed by atoms with Crippen LogP contribution in [-0.2, 0) is 21.3 Å². The summed E-state index contributed by atoms with van der Waals surface area (Å²) in [6, 6.07) is 2.16. The van der Waals surface area contributed by atoms with Crippen molar-refractivity contribution in [3.8, 4) is 0 Å². The van der Waals surface area contributed by atoms with Crippen LogP contribution in [0.25, 0.3) is 0 Å². The first-order chi connectivity index (χ1) is 9.94. The SMILES string of the molecule is NCc1cc(S(=O)(=O)NCCOCC2CC2)cc(F)c1Cl. The summed E-state index contributed by atoms with van der Waals surface area (Å²) < 4.78 is 45.4. The summed E-state index contributed by atoms with van der Waals surface area (Å²) in [5, 5.41) is -0.149. The molecule has 0 aromatic heterocycles. The summed E-state index contributed by atoms with van der Waals surface area (Å²) >= 11 is 5.71. The van der Waals surface area contributed by atoms with E-state index in [1.54, 1.807) is 0 Å². The Kier molecular flexibility index (Phi) is 5.56. The number of hydrogen-bond acceptors (Lipinski definition) is 4. The summed E-state index contributed by atoms with van der Waals surface area (Å²) in [5.41, 5.74) is 5.67. The van der Waals surface area contributed by atoms with E-state index in [-0.39, 0.29) is 35.2 Å².